The molecular formula is C14H25N3S. The number of nitrogens with one attached hydrogen (secondary N) is 2. The third kappa shape index (κ3) is 5.54. The molecule has 0 atom stereocenters. The summed E-state index contributed by atoms with van der Waals surface area (Å²) in [6.07, 6.45) is 1.17. The van der Waals surface area contributed by atoms with Crippen molar-refractivity contribution >= 4 is 17.3 Å². The van der Waals surface area contributed by atoms with E-state index in [2.05, 4.69) is 54.8 Å². The first-order valence-corrected chi connectivity index (χ1v) is 7.56. The third-order valence-corrected chi connectivity index (χ3v) is 3.72. The maximum atomic E-state index is 4.62. The lowest BCUT2D eigenvalue weighted by molar-refractivity contribution is 0.573. The number of hydrogen-bond donors (Lipinski definition) is 2. The van der Waals surface area contributed by atoms with E-state index in [1.54, 1.807) is 11.3 Å². The SMILES string of the molecule is CCNC(=NCc1sccc1C)NCCC(C)C. The van der Waals surface area contributed by atoms with Crippen molar-refractivity contribution < 1.29 is 0 Å². The first kappa shape index (κ1) is 15.0. The Bertz CT molecular complexity index is 369. The van der Waals surface area contributed by atoms with Crippen LogP contribution >= 0.6 is 11.3 Å². The fourth-order valence-electron chi connectivity index (χ4n) is 1.54. The molecule has 0 aliphatic heterocycles. The van der Waals surface area contributed by atoms with E-state index in [-0.39, 0.29) is 0 Å². The molecule has 1 aromatic heterocycles. The van der Waals surface area contributed by atoms with Crippen LogP contribution in [0.3, 0.4) is 0 Å². The molecule has 0 aromatic carbocycles. The Balaban J connectivity index is 2.47. The Morgan fingerprint density at radius 1 is 1.39 bits per heavy atom. The zero-order chi connectivity index (χ0) is 13.4. The van der Waals surface area contributed by atoms with Crippen LogP contribution in [-0.2, 0) is 6.54 Å². The van der Waals surface area contributed by atoms with Crippen molar-refractivity contribution in [1.82, 2.24) is 10.6 Å². The van der Waals surface area contributed by atoms with Crippen LogP contribution in [0.25, 0.3) is 0 Å². The van der Waals surface area contributed by atoms with Crippen molar-refractivity contribution in [2.75, 3.05) is 13.1 Å². The Kier molecular flexibility index (Phi) is 6.80. The molecule has 18 heavy (non-hydrogen) atoms. The Morgan fingerprint density at radius 2 is 2.17 bits per heavy atom. The molecule has 0 amide bonds. The Labute approximate surface area is 115 Å². The van der Waals surface area contributed by atoms with Crippen LogP contribution in [0, 0.1) is 12.8 Å². The fraction of sp³-hybridized carbons (Fsp3) is 0.643. The van der Waals surface area contributed by atoms with Gasteiger partial charge in [0.05, 0.1) is 6.54 Å². The smallest absolute Gasteiger partial charge is 0.191 e. The minimum atomic E-state index is 0.722. The molecule has 0 aliphatic carbocycles. The second-order valence-corrected chi connectivity index (χ2v) is 5.83. The number of thiophene rings is 1. The van der Waals surface area contributed by atoms with E-state index >= 15 is 0 Å². The van der Waals surface area contributed by atoms with Crippen LogP contribution in [0.15, 0.2) is 16.4 Å². The van der Waals surface area contributed by atoms with Crippen molar-refractivity contribution in [2.24, 2.45) is 10.9 Å². The van der Waals surface area contributed by atoms with Gasteiger partial charge in [0.1, 0.15) is 0 Å². The van der Waals surface area contributed by atoms with Gasteiger partial charge in [0.2, 0.25) is 0 Å². The highest BCUT2D eigenvalue weighted by molar-refractivity contribution is 7.10. The molecule has 1 heterocycles. The number of hydrogen-bond acceptors (Lipinski definition) is 2. The van der Waals surface area contributed by atoms with E-state index in [1.807, 2.05) is 0 Å². The van der Waals surface area contributed by atoms with Crippen molar-refractivity contribution in [2.45, 2.75) is 40.7 Å². The molecule has 102 valence electrons. The van der Waals surface area contributed by atoms with Gasteiger partial charge in [-0.3, -0.25) is 0 Å². The molecule has 2 N–H and O–H groups in total. The first-order chi connectivity index (χ1) is 8.63. The molecule has 0 spiro atoms. The van der Waals surface area contributed by atoms with Crippen LogP contribution in [-0.4, -0.2) is 19.0 Å². The normalized spacial score (nSPS) is 11.9. The fourth-order valence-corrected chi connectivity index (χ4v) is 2.37. The summed E-state index contributed by atoms with van der Waals surface area (Å²) in [5.41, 5.74) is 1.33. The van der Waals surface area contributed by atoms with Gasteiger partial charge < -0.3 is 10.6 Å². The summed E-state index contributed by atoms with van der Waals surface area (Å²) >= 11 is 1.78. The van der Waals surface area contributed by atoms with Crippen LogP contribution in [0.1, 0.15) is 37.6 Å². The first-order valence-electron chi connectivity index (χ1n) is 6.68. The molecule has 0 radical (unpaired) electrons. The van der Waals surface area contributed by atoms with E-state index in [0.29, 0.717) is 0 Å². The second kappa shape index (κ2) is 8.14. The standard InChI is InChI=1S/C14H25N3S/c1-5-15-14(16-8-6-11(2)3)17-10-13-12(4)7-9-18-13/h7,9,11H,5-6,8,10H2,1-4H3,(H2,15,16,17). The molecule has 0 aliphatic rings. The van der Waals surface area contributed by atoms with Crippen molar-refractivity contribution in [3.05, 3.63) is 21.9 Å². The molecule has 0 bridgehead atoms. The van der Waals surface area contributed by atoms with Crippen LogP contribution in [0.5, 0.6) is 0 Å². The number of rotatable bonds is 6. The predicted molar refractivity (Wildman–Crippen MR) is 81.3 cm³/mol. The Morgan fingerprint density at radius 3 is 2.72 bits per heavy atom. The molecule has 1 aromatic rings. The molecule has 3 nitrogen and oxygen atoms in total. The number of nitrogens with zero attached hydrogens (tertiary/aromatic N) is 1. The summed E-state index contributed by atoms with van der Waals surface area (Å²) in [6, 6.07) is 2.15. The molecule has 0 unspecified atom stereocenters. The molecule has 0 saturated heterocycles. The molecule has 4 heteroatoms. The number of aliphatic imine (C=N–C) groups is 1. The zero-order valence-corrected chi connectivity index (χ0v) is 12.7. The van der Waals surface area contributed by atoms with Gasteiger partial charge in [-0.15, -0.1) is 11.3 Å². The van der Waals surface area contributed by atoms with Crippen molar-refractivity contribution in [1.29, 1.82) is 0 Å². The lowest BCUT2D eigenvalue weighted by Gasteiger charge is -2.12. The highest BCUT2D eigenvalue weighted by Gasteiger charge is 2.01. The molecule has 1 rings (SSSR count). The quantitative estimate of drug-likeness (QED) is 0.613. The van der Waals surface area contributed by atoms with Crippen molar-refractivity contribution in [3.63, 3.8) is 0 Å². The second-order valence-electron chi connectivity index (χ2n) is 4.83. The maximum Gasteiger partial charge on any atom is 0.191 e. The summed E-state index contributed by atoms with van der Waals surface area (Å²) < 4.78 is 0. The van der Waals surface area contributed by atoms with Gasteiger partial charge in [-0.2, -0.15) is 0 Å². The van der Waals surface area contributed by atoms with Gasteiger partial charge >= 0.3 is 0 Å². The van der Waals surface area contributed by atoms with Crippen LogP contribution in [0.2, 0.25) is 0 Å². The lowest BCUT2D eigenvalue weighted by Crippen LogP contribution is -2.38. The van der Waals surface area contributed by atoms with Crippen LogP contribution < -0.4 is 10.6 Å². The molecule has 0 saturated carbocycles. The molecule has 0 fully saturated rings. The monoisotopic (exact) mass is 267 g/mol. The van der Waals surface area contributed by atoms with E-state index in [0.717, 1.165) is 31.5 Å². The maximum absolute atomic E-state index is 4.62. The summed E-state index contributed by atoms with van der Waals surface area (Å²) in [4.78, 5) is 5.96. The summed E-state index contributed by atoms with van der Waals surface area (Å²) in [6.45, 7) is 11.3. The summed E-state index contributed by atoms with van der Waals surface area (Å²) in [7, 11) is 0. The average molecular weight is 267 g/mol. The summed E-state index contributed by atoms with van der Waals surface area (Å²) in [5, 5.41) is 8.78. The molecular weight excluding hydrogens is 242 g/mol. The van der Waals surface area contributed by atoms with Gasteiger partial charge in [-0.1, -0.05) is 13.8 Å². The van der Waals surface area contributed by atoms with E-state index in [1.165, 1.54) is 16.9 Å². The zero-order valence-electron chi connectivity index (χ0n) is 11.9. The van der Waals surface area contributed by atoms with Gasteiger partial charge in [-0.05, 0) is 43.2 Å². The third-order valence-electron chi connectivity index (χ3n) is 2.71. The predicted octanol–water partition coefficient (Wildman–Crippen LogP) is 3.16. The van der Waals surface area contributed by atoms with Gasteiger partial charge in [0.15, 0.2) is 5.96 Å². The van der Waals surface area contributed by atoms with E-state index in [4.69, 9.17) is 0 Å². The van der Waals surface area contributed by atoms with Gasteiger partial charge in [0.25, 0.3) is 0 Å². The lowest BCUT2D eigenvalue weighted by atomic mass is 10.1. The summed E-state index contributed by atoms with van der Waals surface area (Å²) in [5.74, 6) is 1.64. The Hall–Kier alpha value is -1.03. The minimum absolute atomic E-state index is 0.722. The van der Waals surface area contributed by atoms with E-state index in [9.17, 15) is 0 Å². The topological polar surface area (TPSA) is 36.4 Å². The van der Waals surface area contributed by atoms with Gasteiger partial charge in [0, 0.05) is 18.0 Å². The average Bonchev–Trinajstić information content (AvgIpc) is 2.71. The van der Waals surface area contributed by atoms with Crippen molar-refractivity contribution in [3.8, 4) is 0 Å². The minimum Gasteiger partial charge on any atom is -0.357 e. The van der Waals surface area contributed by atoms with Gasteiger partial charge in [-0.25, -0.2) is 4.99 Å². The number of guanidine groups is 1. The highest BCUT2D eigenvalue weighted by atomic mass is 32.1. The van der Waals surface area contributed by atoms with E-state index < -0.39 is 0 Å². The highest BCUT2D eigenvalue weighted by Crippen LogP contribution is 2.16. The largest absolute Gasteiger partial charge is 0.357 e. The number of aryl methyl sites for hydroxylation is 1. The van der Waals surface area contributed by atoms with Crippen LogP contribution in [0.4, 0.5) is 0 Å².